The van der Waals surface area contributed by atoms with E-state index in [0.717, 1.165) is 24.3 Å². The first-order chi connectivity index (χ1) is 8.13. The normalized spacial score (nSPS) is 15.1. The molecule has 1 aliphatic heterocycles. The van der Waals surface area contributed by atoms with Crippen LogP contribution >= 0.6 is 0 Å². The predicted molar refractivity (Wildman–Crippen MR) is 65.8 cm³/mol. The first-order valence-electron chi connectivity index (χ1n) is 5.71. The Kier molecular flexibility index (Phi) is 3.17. The molecule has 0 spiro atoms. The molecule has 0 bridgehead atoms. The van der Waals surface area contributed by atoms with Gasteiger partial charge in [0.25, 0.3) is 0 Å². The number of methoxy groups -OCH3 is 1. The summed E-state index contributed by atoms with van der Waals surface area (Å²) < 4.78 is 5.09. The zero-order chi connectivity index (χ0) is 12.4. The highest BCUT2D eigenvalue weighted by Gasteiger charge is 2.21. The van der Waals surface area contributed by atoms with E-state index in [9.17, 15) is 10.1 Å². The van der Waals surface area contributed by atoms with Gasteiger partial charge in [0.2, 0.25) is 0 Å². The molecule has 1 heterocycles. The molecule has 0 saturated carbocycles. The smallest absolute Gasteiger partial charge is 0.311 e. The SMILES string of the molecule is COc1cc(N2CCCC2)c(C)cc1[N+](=O)[O-]. The molecule has 5 heteroatoms. The third-order valence-electron chi connectivity index (χ3n) is 3.14. The molecular weight excluding hydrogens is 220 g/mol. The van der Waals surface area contributed by atoms with Crippen LogP contribution in [-0.4, -0.2) is 25.1 Å². The molecule has 92 valence electrons. The standard InChI is InChI=1S/C12H16N2O3/c1-9-7-11(14(15)16)12(17-2)8-10(9)13-5-3-4-6-13/h7-8H,3-6H2,1-2H3. The largest absolute Gasteiger partial charge is 0.490 e. The molecule has 0 radical (unpaired) electrons. The molecule has 1 aromatic rings. The fourth-order valence-corrected chi connectivity index (χ4v) is 2.27. The lowest BCUT2D eigenvalue weighted by molar-refractivity contribution is -0.385. The topological polar surface area (TPSA) is 55.6 Å². The maximum Gasteiger partial charge on any atom is 0.311 e. The molecule has 0 aliphatic carbocycles. The molecule has 2 rings (SSSR count). The molecule has 5 nitrogen and oxygen atoms in total. The Hall–Kier alpha value is -1.78. The van der Waals surface area contributed by atoms with Crippen LogP contribution < -0.4 is 9.64 Å². The Labute approximate surface area is 100 Å². The summed E-state index contributed by atoms with van der Waals surface area (Å²) in [6, 6.07) is 3.37. The quantitative estimate of drug-likeness (QED) is 0.597. The molecule has 0 unspecified atom stereocenters. The van der Waals surface area contributed by atoms with Crippen molar-refractivity contribution >= 4 is 11.4 Å². The summed E-state index contributed by atoms with van der Waals surface area (Å²) in [5, 5.41) is 10.9. The molecule has 0 N–H and O–H groups in total. The average Bonchev–Trinajstić information content (AvgIpc) is 2.82. The number of anilines is 1. The van der Waals surface area contributed by atoms with E-state index in [4.69, 9.17) is 4.74 Å². The van der Waals surface area contributed by atoms with Crippen LogP contribution in [0.15, 0.2) is 12.1 Å². The van der Waals surface area contributed by atoms with E-state index >= 15 is 0 Å². The van der Waals surface area contributed by atoms with Crippen LogP contribution in [0.5, 0.6) is 5.75 Å². The zero-order valence-corrected chi connectivity index (χ0v) is 10.1. The maximum atomic E-state index is 10.9. The molecule has 17 heavy (non-hydrogen) atoms. The lowest BCUT2D eigenvalue weighted by atomic mass is 10.1. The lowest BCUT2D eigenvalue weighted by Gasteiger charge is -2.20. The van der Waals surface area contributed by atoms with E-state index in [1.807, 2.05) is 6.92 Å². The van der Waals surface area contributed by atoms with Crippen LogP contribution in [0.4, 0.5) is 11.4 Å². The van der Waals surface area contributed by atoms with Crippen LogP contribution in [-0.2, 0) is 0 Å². The molecular formula is C12H16N2O3. The molecule has 0 atom stereocenters. The fourth-order valence-electron chi connectivity index (χ4n) is 2.27. The van der Waals surface area contributed by atoms with Crippen molar-refractivity contribution in [2.75, 3.05) is 25.1 Å². The van der Waals surface area contributed by atoms with E-state index in [1.54, 1.807) is 12.1 Å². The number of benzene rings is 1. The average molecular weight is 236 g/mol. The van der Waals surface area contributed by atoms with E-state index in [2.05, 4.69) is 4.90 Å². The van der Waals surface area contributed by atoms with Crippen molar-refractivity contribution < 1.29 is 9.66 Å². The van der Waals surface area contributed by atoms with Crippen LogP contribution in [0.25, 0.3) is 0 Å². The molecule has 1 fully saturated rings. The molecule has 1 saturated heterocycles. The van der Waals surface area contributed by atoms with Gasteiger partial charge in [0.1, 0.15) is 0 Å². The van der Waals surface area contributed by atoms with Crippen molar-refractivity contribution in [2.45, 2.75) is 19.8 Å². The van der Waals surface area contributed by atoms with Crippen molar-refractivity contribution in [2.24, 2.45) is 0 Å². The number of rotatable bonds is 3. The monoisotopic (exact) mass is 236 g/mol. The first kappa shape index (κ1) is 11.7. The number of hydrogen-bond acceptors (Lipinski definition) is 4. The highest BCUT2D eigenvalue weighted by atomic mass is 16.6. The van der Waals surface area contributed by atoms with E-state index < -0.39 is 4.92 Å². The number of nitro benzene ring substituents is 1. The van der Waals surface area contributed by atoms with Gasteiger partial charge in [-0.05, 0) is 25.3 Å². The van der Waals surface area contributed by atoms with Gasteiger partial charge in [-0.2, -0.15) is 0 Å². The predicted octanol–water partition coefficient (Wildman–Crippen LogP) is 2.51. The van der Waals surface area contributed by atoms with Gasteiger partial charge >= 0.3 is 5.69 Å². The summed E-state index contributed by atoms with van der Waals surface area (Å²) in [5.74, 6) is 0.336. The summed E-state index contributed by atoms with van der Waals surface area (Å²) in [4.78, 5) is 12.7. The number of hydrogen-bond donors (Lipinski definition) is 0. The zero-order valence-electron chi connectivity index (χ0n) is 10.1. The molecule has 0 aromatic heterocycles. The van der Waals surface area contributed by atoms with E-state index in [1.165, 1.54) is 20.0 Å². The molecule has 1 aromatic carbocycles. The minimum Gasteiger partial charge on any atom is -0.490 e. The second-order valence-corrected chi connectivity index (χ2v) is 4.26. The first-order valence-corrected chi connectivity index (χ1v) is 5.71. The highest BCUT2D eigenvalue weighted by Crippen LogP contribution is 2.35. The van der Waals surface area contributed by atoms with Crippen molar-refractivity contribution in [1.29, 1.82) is 0 Å². The fraction of sp³-hybridized carbons (Fsp3) is 0.500. The van der Waals surface area contributed by atoms with Crippen LogP contribution in [0, 0.1) is 17.0 Å². The summed E-state index contributed by atoms with van der Waals surface area (Å²) in [7, 11) is 1.46. The summed E-state index contributed by atoms with van der Waals surface area (Å²) in [5.41, 5.74) is 2.01. The van der Waals surface area contributed by atoms with Crippen molar-refractivity contribution in [1.82, 2.24) is 0 Å². The highest BCUT2D eigenvalue weighted by molar-refractivity contribution is 5.64. The summed E-state index contributed by atoms with van der Waals surface area (Å²) in [6.45, 7) is 3.93. The third-order valence-corrected chi connectivity index (χ3v) is 3.14. The Morgan fingerprint density at radius 2 is 2.00 bits per heavy atom. The van der Waals surface area contributed by atoms with Gasteiger partial charge in [0, 0.05) is 30.9 Å². The number of nitrogens with zero attached hydrogens (tertiary/aromatic N) is 2. The van der Waals surface area contributed by atoms with Gasteiger partial charge in [-0.3, -0.25) is 10.1 Å². The van der Waals surface area contributed by atoms with Gasteiger partial charge in [-0.25, -0.2) is 0 Å². The van der Waals surface area contributed by atoms with Crippen LogP contribution in [0.3, 0.4) is 0 Å². The molecule has 0 amide bonds. The summed E-state index contributed by atoms with van der Waals surface area (Å²) in [6.07, 6.45) is 2.36. The van der Waals surface area contributed by atoms with E-state index in [0.29, 0.717) is 5.75 Å². The van der Waals surface area contributed by atoms with Crippen LogP contribution in [0.2, 0.25) is 0 Å². The second kappa shape index (κ2) is 4.61. The van der Waals surface area contributed by atoms with Crippen molar-refractivity contribution in [3.8, 4) is 5.75 Å². The van der Waals surface area contributed by atoms with Gasteiger partial charge in [-0.1, -0.05) is 0 Å². The van der Waals surface area contributed by atoms with Crippen molar-refractivity contribution in [3.05, 3.63) is 27.8 Å². The summed E-state index contributed by atoms with van der Waals surface area (Å²) >= 11 is 0. The minimum absolute atomic E-state index is 0.0351. The number of nitro groups is 1. The van der Waals surface area contributed by atoms with Gasteiger partial charge in [0.05, 0.1) is 12.0 Å². The Bertz CT molecular complexity index is 440. The number of ether oxygens (including phenoxy) is 1. The Balaban J connectivity index is 2.44. The Morgan fingerprint density at radius 3 is 2.53 bits per heavy atom. The second-order valence-electron chi connectivity index (χ2n) is 4.26. The van der Waals surface area contributed by atoms with Gasteiger partial charge in [0.15, 0.2) is 5.75 Å². The van der Waals surface area contributed by atoms with Crippen molar-refractivity contribution in [3.63, 3.8) is 0 Å². The maximum absolute atomic E-state index is 10.9. The third kappa shape index (κ3) is 2.18. The Morgan fingerprint density at radius 1 is 1.35 bits per heavy atom. The minimum atomic E-state index is -0.403. The molecule has 1 aliphatic rings. The number of aryl methyl sites for hydroxylation is 1. The van der Waals surface area contributed by atoms with Gasteiger partial charge in [-0.15, -0.1) is 0 Å². The lowest BCUT2D eigenvalue weighted by Crippen LogP contribution is -2.18. The van der Waals surface area contributed by atoms with E-state index in [-0.39, 0.29) is 5.69 Å². The van der Waals surface area contributed by atoms with Crippen LogP contribution in [0.1, 0.15) is 18.4 Å². The van der Waals surface area contributed by atoms with Gasteiger partial charge < -0.3 is 9.64 Å².